The van der Waals surface area contributed by atoms with Crippen LogP contribution in [0.3, 0.4) is 0 Å². The van der Waals surface area contributed by atoms with Gasteiger partial charge in [-0.3, -0.25) is 0 Å². The molecule has 0 saturated carbocycles. The fourth-order valence-corrected chi connectivity index (χ4v) is 4.44. The van der Waals surface area contributed by atoms with Crippen LogP contribution in [0, 0.1) is 23.2 Å². The van der Waals surface area contributed by atoms with Gasteiger partial charge in [-0.2, -0.15) is 5.26 Å². The highest BCUT2D eigenvalue weighted by Gasteiger charge is 2.33. The van der Waals surface area contributed by atoms with Gasteiger partial charge in [0.2, 0.25) is 0 Å². The number of nitriles is 1. The normalized spacial score (nSPS) is 20.6. The molecule has 3 nitrogen and oxygen atoms in total. The Hall–Kier alpha value is -1.47. The van der Waals surface area contributed by atoms with Crippen LogP contribution < -0.4 is 0 Å². The van der Waals surface area contributed by atoms with Crippen molar-refractivity contribution in [2.75, 3.05) is 12.3 Å². The molecule has 0 bridgehead atoms. The van der Waals surface area contributed by atoms with E-state index in [1.165, 1.54) is 6.42 Å². The molecule has 2 rings (SSSR count). The predicted octanol–water partition coefficient (Wildman–Crippen LogP) is 5.23. The van der Waals surface area contributed by atoms with Gasteiger partial charge in [0.15, 0.2) is 5.17 Å². The minimum Gasteiger partial charge on any atom is -0.347 e. The summed E-state index contributed by atoms with van der Waals surface area (Å²) in [5, 5.41) is 10.2. The van der Waals surface area contributed by atoms with E-state index in [2.05, 4.69) is 45.6 Å². The SMILES string of the molecule is CCc1cc(C#N)ccc1N=C1SC[C@H](C(C)CC)N1CC(C)C. The first-order chi connectivity index (χ1) is 11.5. The van der Waals surface area contributed by atoms with Crippen molar-refractivity contribution >= 4 is 22.6 Å². The zero-order chi connectivity index (χ0) is 17.7. The second kappa shape index (κ2) is 8.58. The average Bonchev–Trinajstić information content (AvgIpc) is 2.96. The summed E-state index contributed by atoms with van der Waals surface area (Å²) in [7, 11) is 0. The van der Waals surface area contributed by atoms with Crippen LogP contribution in [0.15, 0.2) is 23.2 Å². The first kappa shape index (κ1) is 18.9. The summed E-state index contributed by atoms with van der Waals surface area (Å²) in [6.45, 7) is 12.3. The van der Waals surface area contributed by atoms with Gasteiger partial charge in [-0.25, -0.2) is 4.99 Å². The van der Waals surface area contributed by atoms with E-state index in [9.17, 15) is 0 Å². The number of benzene rings is 1. The molecule has 0 aromatic heterocycles. The Labute approximate surface area is 151 Å². The molecule has 2 atom stereocenters. The third-order valence-corrected chi connectivity index (χ3v) is 5.79. The Bertz CT molecular complexity index is 630. The number of rotatable bonds is 6. The highest BCUT2D eigenvalue weighted by Crippen LogP contribution is 2.33. The quantitative estimate of drug-likeness (QED) is 0.710. The summed E-state index contributed by atoms with van der Waals surface area (Å²) in [6.07, 6.45) is 2.09. The van der Waals surface area contributed by atoms with E-state index in [0.717, 1.165) is 35.1 Å². The van der Waals surface area contributed by atoms with E-state index < -0.39 is 0 Å². The van der Waals surface area contributed by atoms with Gasteiger partial charge < -0.3 is 4.90 Å². The van der Waals surface area contributed by atoms with Crippen molar-refractivity contribution in [3.8, 4) is 6.07 Å². The third kappa shape index (κ3) is 4.33. The molecule has 130 valence electrons. The monoisotopic (exact) mass is 343 g/mol. The smallest absolute Gasteiger partial charge is 0.164 e. The topological polar surface area (TPSA) is 39.4 Å². The van der Waals surface area contributed by atoms with Crippen LogP contribution in [0.1, 0.15) is 52.2 Å². The van der Waals surface area contributed by atoms with Crippen molar-refractivity contribution in [2.45, 2.75) is 53.5 Å². The van der Waals surface area contributed by atoms with Gasteiger partial charge in [-0.1, -0.05) is 52.8 Å². The van der Waals surface area contributed by atoms with Crippen molar-refractivity contribution in [2.24, 2.45) is 16.8 Å². The highest BCUT2D eigenvalue weighted by atomic mass is 32.2. The van der Waals surface area contributed by atoms with Crippen LogP contribution in [-0.4, -0.2) is 28.4 Å². The Kier molecular flexibility index (Phi) is 6.74. The Balaban J connectivity index is 2.35. The van der Waals surface area contributed by atoms with Crippen LogP contribution in [-0.2, 0) is 6.42 Å². The minimum atomic E-state index is 0.574. The molecule has 1 aliphatic heterocycles. The zero-order valence-corrected chi connectivity index (χ0v) is 16.4. The molecule has 0 amide bonds. The van der Waals surface area contributed by atoms with Crippen LogP contribution in [0.5, 0.6) is 0 Å². The summed E-state index contributed by atoms with van der Waals surface area (Å²) in [4.78, 5) is 7.52. The average molecular weight is 344 g/mol. The van der Waals surface area contributed by atoms with Gasteiger partial charge >= 0.3 is 0 Å². The molecule has 0 N–H and O–H groups in total. The highest BCUT2D eigenvalue weighted by molar-refractivity contribution is 8.14. The lowest BCUT2D eigenvalue weighted by Gasteiger charge is -2.31. The van der Waals surface area contributed by atoms with E-state index in [0.29, 0.717) is 23.4 Å². The number of hydrogen-bond donors (Lipinski definition) is 0. The predicted molar refractivity (Wildman–Crippen MR) is 105 cm³/mol. The molecule has 0 aliphatic carbocycles. The van der Waals surface area contributed by atoms with E-state index in [-0.39, 0.29) is 0 Å². The van der Waals surface area contributed by atoms with E-state index in [1.54, 1.807) is 0 Å². The van der Waals surface area contributed by atoms with Crippen molar-refractivity contribution in [1.29, 1.82) is 5.26 Å². The van der Waals surface area contributed by atoms with Crippen molar-refractivity contribution < 1.29 is 0 Å². The van der Waals surface area contributed by atoms with Crippen molar-refractivity contribution in [3.63, 3.8) is 0 Å². The van der Waals surface area contributed by atoms with Crippen molar-refractivity contribution in [3.05, 3.63) is 29.3 Å². The summed E-state index contributed by atoms with van der Waals surface area (Å²) >= 11 is 1.88. The summed E-state index contributed by atoms with van der Waals surface area (Å²) < 4.78 is 0. The summed E-state index contributed by atoms with van der Waals surface area (Å²) in [5.74, 6) is 2.42. The molecular formula is C20H29N3S. The summed E-state index contributed by atoms with van der Waals surface area (Å²) in [6, 6.07) is 8.63. The number of hydrogen-bond acceptors (Lipinski definition) is 3. The summed E-state index contributed by atoms with van der Waals surface area (Å²) in [5.41, 5.74) is 2.88. The number of thioether (sulfide) groups is 1. The third-order valence-electron chi connectivity index (χ3n) is 4.70. The Morgan fingerprint density at radius 3 is 2.67 bits per heavy atom. The molecule has 1 saturated heterocycles. The van der Waals surface area contributed by atoms with Gasteiger partial charge in [0.1, 0.15) is 0 Å². The van der Waals surface area contributed by atoms with E-state index in [1.807, 2.05) is 30.0 Å². The molecule has 0 radical (unpaired) electrons. The number of aliphatic imine (C=N–C) groups is 1. The maximum atomic E-state index is 9.10. The lowest BCUT2D eigenvalue weighted by molar-refractivity contribution is 0.245. The minimum absolute atomic E-state index is 0.574. The second-order valence-corrected chi connectivity index (χ2v) is 8.00. The maximum absolute atomic E-state index is 9.10. The molecule has 24 heavy (non-hydrogen) atoms. The Morgan fingerprint density at radius 1 is 1.33 bits per heavy atom. The van der Waals surface area contributed by atoms with Gasteiger partial charge in [0, 0.05) is 18.3 Å². The van der Waals surface area contributed by atoms with Crippen LogP contribution in [0.25, 0.3) is 0 Å². The molecular weight excluding hydrogens is 314 g/mol. The lowest BCUT2D eigenvalue weighted by Crippen LogP contribution is -2.40. The van der Waals surface area contributed by atoms with Crippen LogP contribution in [0.4, 0.5) is 5.69 Å². The zero-order valence-electron chi connectivity index (χ0n) is 15.5. The van der Waals surface area contributed by atoms with Gasteiger partial charge in [0.25, 0.3) is 0 Å². The molecule has 0 spiro atoms. The lowest BCUT2D eigenvalue weighted by atomic mass is 9.99. The number of aryl methyl sites for hydroxylation is 1. The first-order valence-electron chi connectivity index (χ1n) is 9.01. The largest absolute Gasteiger partial charge is 0.347 e. The van der Waals surface area contributed by atoms with E-state index >= 15 is 0 Å². The number of amidine groups is 1. The molecule has 1 aliphatic rings. The fraction of sp³-hybridized carbons (Fsp3) is 0.600. The first-order valence-corrected chi connectivity index (χ1v) is 9.99. The fourth-order valence-electron chi connectivity index (χ4n) is 3.07. The van der Waals surface area contributed by atoms with E-state index in [4.69, 9.17) is 10.3 Å². The second-order valence-electron chi connectivity index (χ2n) is 7.01. The van der Waals surface area contributed by atoms with Gasteiger partial charge in [-0.15, -0.1) is 0 Å². The van der Waals surface area contributed by atoms with Crippen LogP contribution >= 0.6 is 11.8 Å². The molecule has 1 unspecified atom stereocenters. The van der Waals surface area contributed by atoms with Crippen molar-refractivity contribution in [1.82, 2.24) is 4.90 Å². The molecule has 1 fully saturated rings. The maximum Gasteiger partial charge on any atom is 0.164 e. The Morgan fingerprint density at radius 2 is 2.08 bits per heavy atom. The van der Waals surface area contributed by atoms with Gasteiger partial charge in [-0.05, 0) is 42.0 Å². The molecule has 1 heterocycles. The molecule has 1 aromatic rings. The van der Waals surface area contributed by atoms with Gasteiger partial charge in [0.05, 0.1) is 17.3 Å². The molecule has 1 aromatic carbocycles. The van der Waals surface area contributed by atoms with Crippen LogP contribution in [0.2, 0.25) is 0 Å². The molecule has 4 heteroatoms. The number of nitrogens with zero attached hydrogens (tertiary/aromatic N) is 3. The standard InChI is InChI=1S/C20H29N3S/c1-6-15(5)19-13-24-20(23(19)12-14(3)4)22-18-9-8-16(11-21)10-17(18)7-2/h8-10,14-15,19H,6-7,12-13H2,1-5H3/t15?,19-/m1/s1.